The minimum atomic E-state index is -0.458. The second-order valence-corrected chi connectivity index (χ2v) is 11.4. The number of nitrogens with zero attached hydrogens (tertiary/aromatic N) is 5. The van der Waals surface area contributed by atoms with Crippen LogP contribution in [0.2, 0.25) is 0 Å². The van der Waals surface area contributed by atoms with Crippen LogP contribution < -0.4 is 14.5 Å². The molecule has 0 spiro atoms. The fraction of sp³-hybridized carbons (Fsp3) is 0.400. The monoisotopic (exact) mass is 609 g/mol. The molecule has 1 saturated heterocycles. The minimum Gasteiger partial charge on any atom is -0.450 e. The van der Waals surface area contributed by atoms with Crippen molar-refractivity contribution in [1.29, 1.82) is 0 Å². The fourth-order valence-corrected chi connectivity index (χ4v) is 5.85. The van der Waals surface area contributed by atoms with Crippen molar-refractivity contribution >= 4 is 39.2 Å². The Bertz CT molecular complexity index is 1410. The first-order valence-electron chi connectivity index (χ1n) is 13.6. The van der Waals surface area contributed by atoms with Crippen molar-refractivity contribution in [3.63, 3.8) is 0 Å². The number of piperazine rings is 1. The number of aromatic nitrogens is 2. The molecule has 2 heterocycles. The van der Waals surface area contributed by atoms with E-state index >= 15 is 0 Å². The molecule has 0 bridgehead atoms. The summed E-state index contributed by atoms with van der Waals surface area (Å²) in [4.78, 5) is 40.4. The molecule has 0 radical (unpaired) electrons. The molecule has 40 heavy (non-hydrogen) atoms. The van der Waals surface area contributed by atoms with E-state index in [1.165, 1.54) is 40.6 Å². The highest BCUT2D eigenvalue weighted by Gasteiger charge is 2.33. The normalized spacial score (nSPS) is 16.7. The van der Waals surface area contributed by atoms with Crippen LogP contribution in [-0.4, -0.2) is 59.4 Å². The first-order valence-corrected chi connectivity index (χ1v) is 14.4. The summed E-state index contributed by atoms with van der Waals surface area (Å²) in [6.07, 6.45) is 4.58. The summed E-state index contributed by atoms with van der Waals surface area (Å²) in [5, 5.41) is 0. The van der Waals surface area contributed by atoms with E-state index < -0.39 is 5.82 Å². The number of hydrogen-bond acceptors (Lipinski definition) is 6. The van der Waals surface area contributed by atoms with Crippen LogP contribution >= 0.6 is 15.9 Å². The van der Waals surface area contributed by atoms with Gasteiger partial charge in [-0.15, -0.1) is 0 Å². The third-order valence-electron chi connectivity index (χ3n) is 7.51. The molecule has 2 aromatic carbocycles. The summed E-state index contributed by atoms with van der Waals surface area (Å²) in [6.45, 7) is 8.16. The molecule has 5 rings (SSSR count). The zero-order valence-electron chi connectivity index (χ0n) is 22.9. The van der Waals surface area contributed by atoms with Gasteiger partial charge in [-0.25, -0.2) is 14.4 Å². The molecule has 2 amide bonds. The summed E-state index contributed by atoms with van der Waals surface area (Å²) >= 11 is 3.53. The molecule has 8 nitrogen and oxygen atoms in total. The molecule has 210 valence electrons. The zero-order valence-corrected chi connectivity index (χ0v) is 24.5. The van der Waals surface area contributed by atoms with Crippen LogP contribution in [0.4, 0.5) is 15.9 Å². The number of rotatable bonds is 7. The Hall–Kier alpha value is -3.53. The van der Waals surface area contributed by atoms with Crippen molar-refractivity contribution in [2.45, 2.75) is 33.6 Å². The Kier molecular flexibility index (Phi) is 8.35. The van der Waals surface area contributed by atoms with Gasteiger partial charge in [0.05, 0.1) is 11.9 Å². The zero-order chi connectivity index (χ0) is 28.4. The van der Waals surface area contributed by atoms with E-state index in [4.69, 9.17) is 4.74 Å². The van der Waals surface area contributed by atoms with Crippen LogP contribution in [0.5, 0.6) is 11.5 Å². The van der Waals surface area contributed by atoms with Crippen LogP contribution in [0.1, 0.15) is 31.9 Å². The lowest BCUT2D eigenvalue weighted by atomic mass is 10.0. The number of ether oxygens (including phenoxy) is 1. The number of anilines is 2. The topological polar surface area (TPSA) is 78.9 Å². The first kappa shape index (κ1) is 28.0. The maximum absolute atomic E-state index is 14.3. The lowest BCUT2D eigenvalue weighted by Gasteiger charge is -2.37. The van der Waals surface area contributed by atoms with Gasteiger partial charge in [0, 0.05) is 55.1 Å². The molecule has 3 aromatic rings. The van der Waals surface area contributed by atoms with Gasteiger partial charge >= 0.3 is 0 Å². The molecule has 2 aliphatic rings. The molecule has 1 aliphatic heterocycles. The van der Waals surface area contributed by atoms with Gasteiger partial charge in [-0.05, 0) is 55.2 Å². The molecule has 1 aliphatic carbocycles. The number of halogens is 2. The number of carbonyl (C=O) groups excluding carboxylic acids is 2. The van der Waals surface area contributed by atoms with Gasteiger partial charge in [-0.2, -0.15) is 0 Å². The summed E-state index contributed by atoms with van der Waals surface area (Å²) in [7, 11) is 0. The highest BCUT2D eigenvalue weighted by molar-refractivity contribution is 9.10. The van der Waals surface area contributed by atoms with Crippen molar-refractivity contribution in [1.82, 2.24) is 14.9 Å². The van der Waals surface area contributed by atoms with E-state index in [1.54, 1.807) is 6.20 Å². The van der Waals surface area contributed by atoms with Crippen LogP contribution in [0.25, 0.3) is 0 Å². The highest BCUT2D eigenvalue weighted by Crippen LogP contribution is 2.37. The maximum Gasteiger partial charge on any atom is 0.229 e. The van der Waals surface area contributed by atoms with Crippen molar-refractivity contribution in [3.8, 4) is 11.5 Å². The Morgan fingerprint density at radius 1 is 1.07 bits per heavy atom. The molecule has 1 fully saturated rings. The quantitative estimate of drug-likeness (QED) is 0.364. The second-order valence-electron chi connectivity index (χ2n) is 10.5. The average Bonchev–Trinajstić information content (AvgIpc) is 3.38. The van der Waals surface area contributed by atoms with Gasteiger partial charge < -0.3 is 19.4 Å². The van der Waals surface area contributed by atoms with E-state index in [0.29, 0.717) is 55.7 Å². The van der Waals surface area contributed by atoms with Crippen molar-refractivity contribution in [2.75, 3.05) is 42.5 Å². The molecular weight excluding hydrogens is 577 g/mol. The number of amides is 2. The summed E-state index contributed by atoms with van der Waals surface area (Å²) in [5.41, 5.74) is 2.85. The molecule has 0 N–H and O–H groups in total. The predicted molar refractivity (Wildman–Crippen MR) is 155 cm³/mol. The van der Waals surface area contributed by atoms with Gasteiger partial charge in [0.25, 0.3) is 0 Å². The molecule has 1 aromatic heterocycles. The third kappa shape index (κ3) is 5.82. The smallest absolute Gasteiger partial charge is 0.229 e. The molecule has 1 unspecified atom stereocenters. The largest absolute Gasteiger partial charge is 0.450 e. The summed E-state index contributed by atoms with van der Waals surface area (Å²) in [5.74, 6) is 0.661. The second kappa shape index (κ2) is 11.9. The van der Waals surface area contributed by atoms with Crippen molar-refractivity contribution in [2.24, 2.45) is 11.8 Å². The van der Waals surface area contributed by atoms with Gasteiger partial charge in [0.1, 0.15) is 12.1 Å². The highest BCUT2D eigenvalue weighted by atomic mass is 79.9. The van der Waals surface area contributed by atoms with Crippen LogP contribution in [0.15, 0.2) is 53.4 Å². The Balaban J connectivity index is 1.29. The molecular formula is C30H33BrFN5O3. The third-order valence-corrected chi connectivity index (χ3v) is 8.00. The summed E-state index contributed by atoms with van der Waals surface area (Å²) < 4.78 is 21.6. The fourth-order valence-electron chi connectivity index (χ4n) is 5.44. The minimum absolute atomic E-state index is 0.0271. The molecule has 1 atom stereocenters. The van der Waals surface area contributed by atoms with E-state index in [0.717, 1.165) is 17.3 Å². The molecule has 10 heteroatoms. The van der Waals surface area contributed by atoms with E-state index in [2.05, 4.69) is 42.9 Å². The van der Waals surface area contributed by atoms with E-state index in [1.807, 2.05) is 31.7 Å². The average molecular weight is 611 g/mol. The SMILES string of the molecule is CCN(C(=O)C(C)C)c1cc(F)ccc1Oc1cncnc1N1CCN(C(=O)C2Cc3ccc(Br)cc3C2)CC1. The Morgan fingerprint density at radius 2 is 1.82 bits per heavy atom. The van der Waals surface area contributed by atoms with Crippen molar-refractivity contribution in [3.05, 3.63) is 70.3 Å². The summed E-state index contributed by atoms with van der Waals surface area (Å²) in [6, 6.07) is 10.4. The number of carbonyl (C=O) groups is 2. The van der Waals surface area contributed by atoms with Gasteiger partial charge in [-0.3, -0.25) is 9.59 Å². The van der Waals surface area contributed by atoms with E-state index in [-0.39, 0.29) is 23.7 Å². The van der Waals surface area contributed by atoms with Crippen LogP contribution in [0, 0.1) is 17.7 Å². The van der Waals surface area contributed by atoms with Crippen molar-refractivity contribution < 1.29 is 18.7 Å². The Labute approximate surface area is 242 Å². The lowest BCUT2D eigenvalue weighted by molar-refractivity contribution is -0.135. The molecule has 0 saturated carbocycles. The standard InChI is InChI=1S/C30H33BrFN5O3/c1-4-37(29(38)19(2)3)25-16-24(32)7-8-26(25)40-27-17-33-18-34-28(27)35-9-11-36(12-10-35)30(39)22-13-20-5-6-23(31)15-21(20)14-22/h5-8,15-19,22H,4,9-14H2,1-3H3. The van der Waals surface area contributed by atoms with Gasteiger partial charge in [0.15, 0.2) is 17.3 Å². The number of fused-ring (bicyclic) bond motifs is 1. The van der Waals surface area contributed by atoms with Crippen LogP contribution in [-0.2, 0) is 22.4 Å². The van der Waals surface area contributed by atoms with E-state index in [9.17, 15) is 14.0 Å². The van der Waals surface area contributed by atoms with Gasteiger partial charge in [0.2, 0.25) is 11.8 Å². The Morgan fingerprint density at radius 3 is 2.55 bits per heavy atom. The van der Waals surface area contributed by atoms with Crippen LogP contribution in [0.3, 0.4) is 0 Å². The maximum atomic E-state index is 14.3. The lowest BCUT2D eigenvalue weighted by Crippen LogP contribution is -2.50. The number of hydrogen-bond donors (Lipinski definition) is 0. The number of benzene rings is 2. The van der Waals surface area contributed by atoms with Gasteiger partial charge in [-0.1, -0.05) is 35.8 Å². The predicted octanol–water partition coefficient (Wildman–Crippen LogP) is 5.24. The first-order chi connectivity index (χ1) is 19.2.